The van der Waals surface area contributed by atoms with Gasteiger partial charge in [-0.3, -0.25) is 9.69 Å². The summed E-state index contributed by atoms with van der Waals surface area (Å²) in [4.78, 5) is 22.0. The minimum atomic E-state index is -0.139. The molecule has 0 aliphatic carbocycles. The highest BCUT2D eigenvalue weighted by Gasteiger charge is 2.14. The molecule has 3 aromatic carbocycles. The fraction of sp³-hybridized carbons (Fsp3) is 0.231. The molecular weight excluding hydrogens is 414 g/mol. The van der Waals surface area contributed by atoms with E-state index < -0.39 is 0 Å². The molecule has 1 saturated heterocycles. The molecule has 5 rings (SSSR count). The lowest BCUT2D eigenvalue weighted by Crippen LogP contribution is -2.43. The second-order valence-electron chi connectivity index (χ2n) is 8.42. The van der Waals surface area contributed by atoms with Crippen molar-refractivity contribution in [2.75, 3.05) is 43.9 Å². The maximum Gasteiger partial charge on any atom is 0.300 e. The van der Waals surface area contributed by atoms with Crippen molar-refractivity contribution in [3.8, 4) is 0 Å². The molecule has 4 aromatic rings. The summed E-state index contributed by atoms with van der Waals surface area (Å²) in [5.74, 6) is -0.139. The first kappa shape index (κ1) is 21.2. The summed E-state index contributed by atoms with van der Waals surface area (Å²) >= 11 is 0. The highest BCUT2D eigenvalue weighted by molar-refractivity contribution is 6.04. The van der Waals surface area contributed by atoms with E-state index in [1.54, 1.807) is 0 Å². The first-order valence-corrected chi connectivity index (χ1v) is 11.2. The molecule has 1 aromatic heterocycles. The van der Waals surface area contributed by atoms with E-state index in [2.05, 4.69) is 32.5 Å². The third-order valence-electron chi connectivity index (χ3n) is 5.88. The average Bonchev–Trinajstić information content (AvgIpc) is 3.23. The molecule has 1 aliphatic rings. The number of hydrogen-bond donors (Lipinski definition) is 2. The Labute approximate surface area is 193 Å². The number of benzene rings is 3. The fourth-order valence-corrected chi connectivity index (χ4v) is 3.95. The number of nitrogens with one attached hydrogen (secondary N) is 2. The van der Waals surface area contributed by atoms with E-state index in [1.165, 1.54) is 5.56 Å². The van der Waals surface area contributed by atoms with Crippen LogP contribution in [0.1, 0.15) is 15.9 Å². The number of rotatable bonds is 6. The van der Waals surface area contributed by atoms with Crippen molar-refractivity contribution in [1.29, 1.82) is 0 Å². The number of piperazine rings is 1. The Bertz CT molecular complexity index is 1210. The summed E-state index contributed by atoms with van der Waals surface area (Å²) in [5, 5.41) is 6.13. The number of hydrogen-bond acceptors (Lipinski definition) is 6. The molecule has 0 radical (unpaired) electrons. The summed E-state index contributed by atoms with van der Waals surface area (Å²) in [6, 6.07) is 23.4. The standard InChI is InChI=1S/C26H27N5O2/c1-30-13-15-31(16-14-30)18-19-9-11-20(12-10-19)25(32)27-21-5-4-6-22(17-21)28-26-29-23-7-2-3-8-24(23)33-26/h2-12,17H,13-16,18H2,1H3,(H,27,32)(H,28,29). The normalized spacial score (nSPS) is 14.9. The quantitative estimate of drug-likeness (QED) is 0.457. The number of likely N-dealkylation sites (N-methyl/N-ethyl adjacent to an activating group) is 1. The van der Waals surface area contributed by atoms with Gasteiger partial charge in [-0.25, -0.2) is 0 Å². The molecule has 168 valence electrons. The van der Waals surface area contributed by atoms with Gasteiger partial charge < -0.3 is 20.0 Å². The topological polar surface area (TPSA) is 73.6 Å². The van der Waals surface area contributed by atoms with Crippen LogP contribution in [0, 0.1) is 0 Å². The van der Waals surface area contributed by atoms with Gasteiger partial charge in [0.2, 0.25) is 0 Å². The van der Waals surface area contributed by atoms with Gasteiger partial charge in [-0.2, -0.15) is 4.98 Å². The van der Waals surface area contributed by atoms with E-state index in [0.29, 0.717) is 17.3 Å². The minimum absolute atomic E-state index is 0.139. The Kier molecular flexibility index (Phi) is 6.06. The number of anilines is 3. The van der Waals surface area contributed by atoms with Gasteiger partial charge in [0.1, 0.15) is 5.52 Å². The number of nitrogens with zero attached hydrogens (tertiary/aromatic N) is 3. The van der Waals surface area contributed by atoms with Gasteiger partial charge in [-0.1, -0.05) is 30.3 Å². The number of oxazole rings is 1. The Balaban J connectivity index is 1.20. The van der Waals surface area contributed by atoms with Crippen molar-refractivity contribution in [2.24, 2.45) is 0 Å². The maximum absolute atomic E-state index is 12.8. The summed E-state index contributed by atoms with van der Waals surface area (Å²) in [7, 11) is 2.16. The Morgan fingerprint density at radius 3 is 2.48 bits per heavy atom. The van der Waals surface area contributed by atoms with Crippen molar-refractivity contribution in [2.45, 2.75) is 6.54 Å². The van der Waals surface area contributed by atoms with Crippen LogP contribution < -0.4 is 10.6 Å². The van der Waals surface area contributed by atoms with Crippen molar-refractivity contribution in [1.82, 2.24) is 14.8 Å². The fourth-order valence-electron chi connectivity index (χ4n) is 3.95. The van der Waals surface area contributed by atoms with Crippen LogP contribution in [0.5, 0.6) is 0 Å². The first-order valence-electron chi connectivity index (χ1n) is 11.2. The summed E-state index contributed by atoms with van der Waals surface area (Å²) in [6.45, 7) is 5.26. The molecule has 1 aliphatic heterocycles. The van der Waals surface area contributed by atoms with Crippen LogP contribution in [0.15, 0.2) is 77.2 Å². The van der Waals surface area contributed by atoms with Gasteiger partial charge in [0.15, 0.2) is 5.58 Å². The molecule has 33 heavy (non-hydrogen) atoms. The lowest BCUT2D eigenvalue weighted by molar-refractivity contribution is 0.102. The van der Waals surface area contributed by atoms with Gasteiger partial charge in [0.05, 0.1) is 0 Å². The maximum atomic E-state index is 12.8. The molecule has 0 spiro atoms. The average molecular weight is 442 g/mol. The number of para-hydroxylation sites is 2. The number of amides is 1. The summed E-state index contributed by atoms with van der Waals surface area (Å²) in [5.41, 5.74) is 4.85. The SMILES string of the molecule is CN1CCN(Cc2ccc(C(=O)Nc3cccc(Nc4nc5ccccc5o4)c3)cc2)CC1. The molecule has 0 atom stereocenters. The van der Waals surface area contributed by atoms with Crippen LogP contribution in [0.4, 0.5) is 17.4 Å². The molecular formula is C26H27N5O2. The molecule has 0 bridgehead atoms. The third kappa shape index (κ3) is 5.22. The molecule has 0 unspecified atom stereocenters. The molecule has 2 N–H and O–H groups in total. The largest absolute Gasteiger partial charge is 0.423 e. The zero-order valence-electron chi connectivity index (χ0n) is 18.6. The second-order valence-corrected chi connectivity index (χ2v) is 8.42. The smallest absolute Gasteiger partial charge is 0.300 e. The third-order valence-corrected chi connectivity index (χ3v) is 5.88. The number of fused-ring (bicyclic) bond motifs is 1. The highest BCUT2D eigenvalue weighted by Crippen LogP contribution is 2.24. The monoisotopic (exact) mass is 441 g/mol. The van der Waals surface area contributed by atoms with E-state index >= 15 is 0 Å². The molecule has 2 heterocycles. The predicted octanol–water partition coefficient (Wildman–Crippen LogP) is 4.57. The predicted molar refractivity (Wildman–Crippen MR) is 131 cm³/mol. The van der Waals surface area contributed by atoms with Crippen molar-refractivity contribution in [3.63, 3.8) is 0 Å². The van der Waals surface area contributed by atoms with E-state index in [1.807, 2.05) is 72.8 Å². The van der Waals surface area contributed by atoms with Crippen molar-refractivity contribution >= 4 is 34.4 Å². The second kappa shape index (κ2) is 9.44. The zero-order valence-corrected chi connectivity index (χ0v) is 18.6. The van der Waals surface area contributed by atoms with Crippen LogP contribution in [-0.4, -0.2) is 53.9 Å². The zero-order chi connectivity index (χ0) is 22.6. The Morgan fingerprint density at radius 2 is 1.70 bits per heavy atom. The highest BCUT2D eigenvalue weighted by atomic mass is 16.4. The summed E-state index contributed by atoms with van der Waals surface area (Å²) < 4.78 is 5.72. The van der Waals surface area contributed by atoms with Crippen LogP contribution in [0.25, 0.3) is 11.1 Å². The summed E-state index contributed by atoms with van der Waals surface area (Å²) in [6.07, 6.45) is 0. The lowest BCUT2D eigenvalue weighted by Gasteiger charge is -2.32. The van der Waals surface area contributed by atoms with Gasteiger partial charge in [0.25, 0.3) is 11.9 Å². The Hall–Kier alpha value is -3.68. The first-order chi connectivity index (χ1) is 16.1. The van der Waals surface area contributed by atoms with Gasteiger partial charge in [-0.15, -0.1) is 0 Å². The van der Waals surface area contributed by atoms with E-state index in [4.69, 9.17) is 4.42 Å². The minimum Gasteiger partial charge on any atom is -0.423 e. The number of carbonyl (C=O) groups is 1. The van der Waals surface area contributed by atoms with Crippen LogP contribution in [-0.2, 0) is 6.54 Å². The van der Waals surface area contributed by atoms with Crippen molar-refractivity contribution < 1.29 is 9.21 Å². The van der Waals surface area contributed by atoms with Gasteiger partial charge >= 0.3 is 0 Å². The molecule has 0 saturated carbocycles. The Morgan fingerprint density at radius 1 is 0.939 bits per heavy atom. The van der Waals surface area contributed by atoms with Crippen LogP contribution in [0.2, 0.25) is 0 Å². The molecule has 7 heteroatoms. The van der Waals surface area contributed by atoms with Crippen LogP contribution in [0.3, 0.4) is 0 Å². The number of carbonyl (C=O) groups excluding carboxylic acids is 1. The van der Waals surface area contributed by atoms with Gasteiger partial charge in [0, 0.05) is 49.7 Å². The number of aromatic nitrogens is 1. The van der Waals surface area contributed by atoms with E-state index in [0.717, 1.165) is 49.5 Å². The molecule has 7 nitrogen and oxygen atoms in total. The van der Waals surface area contributed by atoms with Crippen molar-refractivity contribution in [3.05, 3.63) is 83.9 Å². The van der Waals surface area contributed by atoms with Crippen LogP contribution >= 0.6 is 0 Å². The molecule has 1 fully saturated rings. The van der Waals surface area contributed by atoms with E-state index in [-0.39, 0.29) is 5.91 Å². The van der Waals surface area contributed by atoms with E-state index in [9.17, 15) is 4.79 Å². The molecule has 1 amide bonds. The lowest BCUT2D eigenvalue weighted by atomic mass is 10.1. The van der Waals surface area contributed by atoms with Gasteiger partial charge in [-0.05, 0) is 55.1 Å².